The normalized spacial score (nSPS) is 19.1. The van der Waals surface area contributed by atoms with Gasteiger partial charge in [-0.1, -0.05) is 13.3 Å². The first-order valence-corrected chi connectivity index (χ1v) is 6.46. The summed E-state index contributed by atoms with van der Waals surface area (Å²) in [5.74, 6) is 1.16. The zero-order chi connectivity index (χ0) is 13.1. The minimum atomic E-state index is 0.0213. The summed E-state index contributed by atoms with van der Waals surface area (Å²) in [6, 6.07) is 1.75. The maximum absolute atomic E-state index is 12.3. The molecule has 1 unspecified atom stereocenters. The Balaban J connectivity index is 2.16. The van der Waals surface area contributed by atoms with Crippen LogP contribution in [0.1, 0.15) is 35.9 Å². The molecule has 5 nitrogen and oxygen atoms in total. The van der Waals surface area contributed by atoms with Gasteiger partial charge in [-0.2, -0.15) is 0 Å². The highest BCUT2D eigenvalue weighted by molar-refractivity contribution is 5.92. The van der Waals surface area contributed by atoms with Gasteiger partial charge in [0.1, 0.15) is 5.69 Å². The number of aromatic nitrogens is 2. The molecule has 5 heteroatoms. The number of carbonyl (C=O) groups is 1. The molecule has 98 valence electrons. The molecule has 2 heterocycles. The van der Waals surface area contributed by atoms with E-state index in [1.807, 2.05) is 11.8 Å². The zero-order valence-electron chi connectivity index (χ0n) is 11.2. The van der Waals surface area contributed by atoms with Crippen LogP contribution in [0.2, 0.25) is 0 Å². The molecule has 1 aliphatic heterocycles. The highest BCUT2D eigenvalue weighted by Gasteiger charge is 2.26. The summed E-state index contributed by atoms with van der Waals surface area (Å²) in [6.45, 7) is 5.74. The Morgan fingerprint density at radius 3 is 2.94 bits per heavy atom. The molecule has 0 aromatic carbocycles. The Bertz CT molecular complexity index is 447. The topological polar surface area (TPSA) is 58.1 Å². The predicted molar refractivity (Wildman–Crippen MR) is 70.6 cm³/mol. The minimum absolute atomic E-state index is 0.0213. The van der Waals surface area contributed by atoms with Crippen LogP contribution >= 0.6 is 0 Å². The molecule has 0 radical (unpaired) electrons. The molecule has 1 amide bonds. The fraction of sp³-hybridized carbons (Fsp3) is 0.615. The van der Waals surface area contributed by atoms with Crippen molar-refractivity contribution in [3.63, 3.8) is 0 Å². The molecule has 1 aromatic heterocycles. The van der Waals surface area contributed by atoms with E-state index in [4.69, 9.17) is 0 Å². The van der Waals surface area contributed by atoms with Gasteiger partial charge in [-0.25, -0.2) is 9.97 Å². The average molecular weight is 248 g/mol. The Morgan fingerprint density at radius 1 is 1.56 bits per heavy atom. The van der Waals surface area contributed by atoms with E-state index in [0.29, 0.717) is 17.6 Å². The molecule has 1 atom stereocenters. The number of nitrogens with one attached hydrogen (secondary N) is 1. The molecule has 0 spiro atoms. The Hall–Kier alpha value is -1.65. The predicted octanol–water partition coefficient (Wildman–Crippen LogP) is 1.70. The second kappa shape index (κ2) is 5.33. The van der Waals surface area contributed by atoms with Crippen molar-refractivity contribution in [2.45, 2.75) is 26.7 Å². The van der Waals surface area contributed by atoms with Crippen molar-refractivity contribution in [2.75, 3.05) is 25.5 Å². The largest absolute Gasteiger partial charge is 0.357 e. The SMILES string of the molecule is CCC1CCN(C(=O)c2cc(C)nc(NC)n2)C1. The molecular weight excluding hydrogens is 228 g/mol. The lowest BCUT2D eigenvalue weighted by molar-refractivity contribution is 0.0781. The minimum Gasteiger partial charge on any atom is -0.357 e. The van der Waals surface area contributed by atoms with Crippen molar-refractivity contribution in [2.24, 2.45) is 5.92 Å². The zero-order valence-corrected chi connectivity index (χ0v) is 11.2. The third-order valence-corrected chi connectivity index (χ3v) is 3.45. The van der Waals surface area contributed by atoms with Gasteiger partial charge >= 0.3 is 0 Å². The number of rotatable bonds is 3. The second-order valence-corrected chi connectivity index (χ2v) is 4.78. The number of likely N-dealkylation sites (tertiary alicyclic amines) is 1. The molecule has 2 rings (SSSR count). The van der Waals surface area contributed by atoms with Crippen LogP contribution in [0.15, 0.2) is 6.07 Å². The first-order chi connectivity index (χ1) is 8.63. The molecule has 1 N–H and O–H groups in total. The van der Waals surface area contributed by atoms with E-state index < -0.39 is 0 Å². The van der Waals surface area contributed by atoms with Crippen LogP contribution in [0.4, 0.5) is 5.95 Å². The first kappa shape index (κ1) is 12.8. The summed E-state index contributed by atoms with van der Waals surface area (Å²) in [5.41, 5.74) is 1.30. The number of anilines is 1. The van der Waals surface area contributed by atoms with E-state index in [1.165, 1.54) is 0 Å². The van der Waals surface area contributed by atoms with Crippen LogP contribution < -0.4 is 5.32 Å². The van der Waals surface area contributed by atoms with Gasteiger partial charge in [0.15, 0.2) is 0 Å². The van der Waals surface area contributed by atoms with Crippen LogP contribution in [-0.2, 0) is 0 Å². The van der Waals surface area contributed by atoms with Gasteiger partial charge < -0.3 is 10.2 Å². The smallest absolute Gasteiger partial charge is 0.272 e. The van der Waals surface area contributed by atoms with Gasteiger partial charge in [0, 0.05) is 25.8 Å². The van der Waals surface area contributed by atoms with E-state index in [2.05, 4.69) is 22.2 Å². The number of aryl methyl sites for hydroxylation is 1. The van der Waals surface area contributed by atoms with Crippen LogP contribution in [0.25, 0.3) is 0 Å². The number of hydrogen-bond donors (Lipinski definition) is 1. The molecular formula is C13H20N4O. The lowest BCUT2D eigenvalue weighted by Crippen LogP contribution is -2.29. The van der Waals surface area contributed by atoms with Gasteiger partial charge in [0.2, 0.25) is 5.95 Å². The van der Waals surface area contributed by atoms with Crippen molar-refractivity contribution in [1.82, 2.24) is 14.9 Å². The quantitative estimate of drug-likeness (QED) is 0.884. The Labute approximate surface area is 108 Å². The highest BCUT2D eigenvalue weighted by atomic mass is 16.2. The fourth-order valence-corrected chi connectivity index (χ4v) is 2.30. The Morgan fingerprint density at radius 2 is 2.33 bits per heavy atom. The van der Waals surface area contributed by atoms with E-state index in [0.717, 1.165) is 31.6 Å². The molecule has 1 aromatic rings. The van der Waals surface area contributed by atoms with E-state index >= 15 is 0 Å². The van der Waals surface area contributed by atoms with Gasteiger partial charge in [-0.15, -0.1) is 0 Å². The number of carbonyl (C=O) groups excluding carboxylic acids is 1. The summed E-state index contributed by atoms with van der Waals surface area (Å²) in [4.78, 5) is 22.7. The Kier molecular flexibility index (Phi) is 3.79. The van der Waals surface area contributed by atoms with E-state index in [-0.39, 0.29) is 5.91 Å². The lowest BCUT2D eigenvalue weighted by Gasteiger charge is -2.16. The van der Waals surface area contributed by atoms with Crippen LogP contribution in [0.5, 0.6) is 0 Å². The van der Waals surface area contributed by atoms with Gasteiger partial charge in [-0.3, -0.25) is 4.79 Å². The van der Waals surface area contributed by atoms with Crippen molar-refractivity contribution in [1.29, 1.82) is 0 Å². The van der Waals surface area contributed by atoms with Crippen molar-refractivity contribution in [3.05, 3.63) is 17.5 Å². The average Bonchev–Trinajstić information content (AvgIpc) is 2.85. The number of nitrogens with zero attached hydrogens (tertiary/aromatic N) is 3. The monoisotopic (exact) mass is 248 g/mol. The van der Waals surface area contributed by atoms with Crippen LogP contribution in [-0.4, -0.2) is 40.9 Å². The summed E-state index contributed by atoms with van der Waals surface area (Å²) < 4.78 is 0. The first-order valence-electron chi connectivity index (χ1n) is 6.46. The molecule has 1 aliphatic rings. The molecule has 0 bridgehead atoms. The van der Waals surface area contributed by atoms with Crippen molar-refractivity contribution in [3.8, 4) is 0 Å². The highest BCUT2D eigenvalue weighted by Crippen LogP contribution is 2.20. The van der Waals surface area contributed by atoms with E-state index in [9.17, 15) is 4.79 Å². The lowest BCUT2D eigenvalue weighted by atomic mass is 10.1. The summed E-state index contributed by atoms with van der Waals surface area (Å²) in [7, 11) is 1.76. The fourth-order valence-electron chi connectivity index (χ4n) is 2.30. The van der Waals surface area contributed by atoms with Gasteiger partial charge in [0.25, 0.3) is 5.91 Å². The van der Waals surface area contributed by atoms with Crippen molar-refractivity contribution >= 4 is 11.9 Å². The summed E-state index contributed by atoms with van der Waals surface area (Å²) in [5, 5.41) is 2.88. The molecule has 18 heavy (non-hydrogen) atoms. The van der Waals surface area contributed by atoms with E-state index in [1.54, 1.807) is 13.1 Å². The maximum Gasteiger partial charge on any atom is 0.272 e. The third-order valence-electron chi connectivity index (χ3n) is 3.45. The third kappa shape index (κ3) is 2.60. The van der Waals surface area contributed by atoms with Crippen molar-refractivity contribution < 1.29 is 4.79 Å². The molecule has 1 saturated heterocycles. The van der Waals surface area contributed by atoms with Crippen LogP contribution in [0.3, 0.4) is 0 Å². The van der Waals surface area contributed by atoms with Gasteiger partial charge in [0.05, 0.1) is 0 Å². The second-order valence-electron chi connectivity index (χ2n) is 4.78. The summed E-state index contributed by atoms with van der Waals surface area (Å²) >= 11 is 0. The maximum atomic E-state index is 12.3. The standard InChI is InChI=1S/C13H20N4O/c1-4-10-5-6-17(8-10)12(18)11-7-9(2)15-13(14-3)16-11/h7,10H,4-6,8H2,1-3H3,(H,14,15,16). The van der Waals surface area contributed by atoms with Gasteiger partial charge in [-0.05, 0) is 25.3 Å². The molecule has 1 fully saturated rings. The number of hydrogen-bond acceptors (Lipinski definition) is 4. The van der Waals surface area contributed by atoms with Crippen LogP contribution in [0, 0.1) is 12.8 Å². The molecule has 0 aliphatic carbocycles. The summed E-state index contributed by atoms with van der Waals surface area (Å²) in [6.07, 6.45) is 2.24. The molecule has 0 saturated carbocycles. The number of amides is 1.